The molecule has 1 aromatic rings. The van der Waals surface area contributed by atoms with Gasteiger partial charge in [0.05, 0.1) is 0 Å². The third-order valence-corrected chi connectivity index (χ3v) is 2.24. The lowest BCUT2D eigenvalue weighted by Crippen LogP contribution is -1.97. The van der Waals surface area contributed by atoms with Gasteiger partial charge >= 0.3 is 0 Å². The summed E-state index contributed by atoms with van der Waals surface area (Å²) in [5, 5.41) is 8.81. The Bertz CT molecular complexity index is 301. The first kappa shape index (κ1) is 14.6. The lowest BCUT2D eigenvalue weighted by Gasteiger charge is -2.14. The van der Waals surface area contributed by atoms with E-state index in [-0.39, 0.29) is 0 Å². The van der Waals surface area contributed by atoms with Crippen LogP contribution in [0, 0.1) is 10.1 Å². The average Bonchev–Trinajstić information content (AvgIpc) is 2.16. The van der Waals surface area contributed by atoms with Crippen LogP contribution in [-0.2, 0) is 0 Å². The molecule has 3 nitrogen and oxygen atoms in total. The number of hydrogen-bond donors (Lipinski definition) is 0. The summed E-state index contributed by atoms with van der Waals surface area (Å²) in [6.45, 7) is 9.00. The summed E-state index contributed by atoms with van der Waals surface area (Å²) in [6, 6.07) is 8.72. The van der Waals surface area contributed by atoms with Crippen LogP contribution in [0.2, 0.25) is 0 Å². The quantitative estimate of drug-likeness (QED) is 0.565. The van der Waals surface area contributed by atoms with Gasteiger partial charge in [-0.1, -0.05) is 52.0 Å². The predicted molar refractivity (Wildman–Crippen MR) is 67.5 cm³/mol. The van der Waals surface area contributed by atoms with Crippen molar-refractivity contribution >= 4 is 0 Å². The fraction of sp³-hybridized carbons (Fsp3) is 0.538. The van der Waals surface area contributed by atoms with Crippen LogP contribution in [0.3, 0.4) is 0 Å². The molecule has 3 heteroatoms. The first-order valence-electron chi connectivity index (χ1n) is 5.53. The zero-order valence-corrected chi connectivity index (χ0v) is 10.7. The molecule has 0 amide bonds. The molecule has 0 saturated carbocycles. The minimum atomic E-state index is -0.500. The summed E-state index contributed by atoms with van der Waals surface area (Å²) in [6.07, 6.45) is 0. The number of nitrogens with zero attached hydrogens (tertiary/aromatic N) is 1. The highest BCUT2D eigenvalue weighted by Crippen LogP contribution is 2.25. The van der Waals surface area contributed by atoms with E-state index in [1.165, 1.54) is 11.1 Å². The molecule has 90 valence electrons. The number of benzene rings is 1. The van der Waals surface area contributed by atoms with E-state index in [9.17, 15) is 0 Å². The van der Waals surface area contributed by atoms with Gasteiger partial charge in [0.25, 0.3) is 0 Å². The highest BCUT2D eigenvalue weighted by Gasteiger charge is 2.07. The molecule has 0 aliphatic rings. The van der Waals surface area contributed by atoms with Crippen LogP contribution in [0.15, 0.2) is 24.3 Å². The minimum Gasteiger partial charge on any atom is -0.265 e. The van der Waals surface area contributed by atoms with Crippen molar-refractivity contribution in [1.82, 2.24) is 0 Å². The molecular weight excluding hydrogens is 202 g/mol. The van der Waals surface area contributed by atoms with E-state index in [1.54, 1.807) is 0 Å². The highest BCUT2D eigenvalue weighted by molar-refractivity contribution is 5.31. The van der Waals surface area contributed by atoms with Crippen molar-refractivity contribution in [2.45, 2.75) is 39.5 Å². The number of nitro groups is 1. The molecule has 0 aromatic heterocycles. The summed E-state index contributed by atoms with van der Waals surface area (Å²) in [5.74, 6) is 1.28. The molecule has 0 unspecified atom stereocenters. The van der Waals surface area contributed by atoms with Crippen molar-refractivity contribution in [3.63, 3.8) is 0 Å². The van der Waals surface area contributed by atoms with Gasteiger partial charge in [-0.05, 0) is 23.0 Å². The maximum absolute atomic E-state index is 8.81. The van der Waals surface area contributed by atoms with E-state index in [2.05, 4.69) is 52.0 Å². The van der Waals surface area contributed by atoms with Gasteiger partial charge < -0.3 is 0 Å². The summed E-state index contributed by atoms with van der Waals surface area (Å²) in [5.41, 5.74) is 2.99. The van der Waals surface area contributed by atoms with Gasteiger partial charge in [0, 0.05) is 4.92 Å². The SMILES string of the molecule is CC(C)c1ccccc1C(C)C.C[N+](=O)[O-]. The Morgan fingerprint density at radius 1 is 1.00 bits per heavy atom. The van der Waals surface area contributed by atoms with Crippen molar-refractivity contribution in [2.75, 3.05) is 7.05 Å². The molecule has 0 atom stereocenters. The van der Waals surface area contributed by atoms with Gasteiger partial charge in [0.1, 0.15) is 0 Å². The third-order valence-electron chi connectivity index (χ3n) is 2.24. The van der Waals surface area contributed by atoms with Gasteiger partial charge in [-0.15, -0.1) is 0 Å². The summed E-state index contributed by atoms with van der Waals surface area (Å²) >= 11 is 0. The lowest BCUT2D eigenvalue weighted by atomic mass is 9.91. The van der Waals surface area contributed by atoms with Gasteiger partial charge in [-0.3, -0.25) is 10.1 Å². The Balaban J connectivity index is 0.000000487. The summed E-state index contributed by atoms with van der Waals surface area (Å²) in [4.78, 5) is 8.31. The standard InChI is InChI=1S/C12H18.CH3NO2/c1-9(2)11-7-5-6-8-12(11)10(3)4;1-2(3)4/h5-10H,1-4H3;1H3. The Labute approximate surface area is 97.6 Å². The average molecular weight is 223 g/mol. The largest absolute Gasteiger partial charge is 0.265 e. The molecule has 0 N–H and O–H groups in total. The maximum atomic E-state index is 8.81. The third kappa shape index (κ3) is 5.49. The normalized spacial score (nSPS) is 9.94. The monoisotopic (exact) mass is 223 g/mol. The molecular formula is C13H21NO2. The van der Waals surface area contributed by atoms with E-state index in [0.717, 1.165) is 7.05 Å². The Morgan fingerprint density at radius 3 is 1.44 bits per heavy atom. The lowest BCUT2D eigenvalue weighted by molar-refractivity contribution is -0.445. The van der Waals surface area contributed by atoms with Crippen molar-refractivity contribution in [1.29, 1.82) is 0 Å². The highest BCUT2D eigenvalue weighted by atomic mass is 16.6. The molecule has 0 aliphatic heterocycles. The van der Waals surface area contributed by atoms with Crippen LogP contribution >= 0.6 is 0 Å². The van der Waals surface area contributed by atoms with Gasteiger partial charge in [0.15, 0.2) is 7.05 Å². The molecule has 1 aromatic carbocycles. The molecule has 0 fully saturated rings. The second-order valence-electron chi connectivity index (χ2n) is 4.38. The van der Waals surface area contributed by atoms with Crippen LogP contribution in [0.1, 0.15) is 50.7 Å². The molecule has 0 heterocycles. The van der Waals surface area contributed by atoms with Crippen LogP contribution in [0.4, 0.5) is 0 Å². The minimum absolute atomic E-state index is 0.500. The van der Waals surface area contributed by atoms with Crippen molar-refractivity contribution in [3.05, 3.63) is 45.5 Å². The van der Waals surface area contributed by atoms with E-state index in [0.29, 0.717) is 11.8 Å². The fourth-order valence-electron chi connectivity index (χ4n) is 1.56. The Hall–Kier alpha value is -1.38. The molecule has 0 saturated heterocycles. The summed E-state index contributed by atoms with van der Waals surface area (Å²) < 4.78 is 0. The molecule has 0 spiro atoms. The van der Waals surface area contributed by atoms with Gasteiger partial charge in [-0.25, -0.2) is 0 Å². The Morgan fingerprint density at radius 2 is 1.25 bits per heavy atom. The number of rotatable bonds is 2. The van der Waals surface area contributed by atoms with E-state index in [1.807, 2.05) is 0 Å². The summed E-state index contributed by atoms with van der Waals surface area (Å²) in [7, 11) is 0.889. The van der Waals surface area contributed by atoms with E-state index >= 15 is 0 Å². The maximum Gasteiger partial charge on any atom is 0.194 e. The second-order valence-corrected chi connectivity index (χ2v) is 4.38. The van der Waals surface area contributed by atoms with Crippen molar-refractivity contribution < 1.29 is 4.92 Å². The Kier molecular flexibility index (Phi) is 6.38. The van der Waals surface area contributed by atoms with E-state index < -0.39 is 4.92 Å². The second kappa shape index (κ2) is 6.99. The zero-order valence-electron chi connectivity index (χ0n) is 10.7. The zero-order chi connectivity index (χ0) is 12.7. The number of hydrogen-bond acceptors (Lipinski definition) is 2. The van der Waals surface area contributed by atoms with Gasteiger partial charge in [-0.2, -0.15) is 0 Å². The fourth-order valence-corrected chi connectivity index (χ4v) is 1.56. The van der Waals surface area contributed by atoms with Crippen LogP contribution in [-0.4, -0.2) is 12.0 Å². The molecule has 0 radical (unpaired) electrons. The topological polar surface area (TPSA) is 43.1 Å². The first-order chi connectivity index (χ1) is 7.36. The van der Waals surface area contributed by atoms with Crippen LogP contribution in [0.25, 0.3) is 0 Å². The molecule has 0 aliphatic carbocycles. The van der Waals surface area contributed by atoms with Crippen LogP contribution < -0.4 is 0 Å². The molecule has 16 heavy (non-hydrogen) atoms. The van der Waals surface area contributed by atoms with Crippen molar-refractivity contribution in [3.8, 4) is 0 Å². The predicted octanol–water partition coefficient (Wildman–Crippen LogP) is 3.83. The van der Waals surface area contributed by atoms with Gasteiger partial charge in [0.2, 0.25) is 0 Å². The first-order valence-corrected chi connectivity index (χ1v) is 5.53. The van der Waals surface area contributed by atoms with Crippen LogP contribution in [0.5, 0.6) is 0 Å². The van der Waals surface area contributed by atoms with Crippen molar-refractivity contribution in [2.24, 2.45) is 0 Å². The smallest absolute Gasteiger partial charge is 0.194 e. The molecule has 1 rings (SSSR count). The van der Waals surface area contributed by atoms with E-state index in [4.69, 9.17) is 10.1 Å². The molecule has 0 bridgehead atoms.